The van der Waals surface area contributed by atoms with Gasteiger partial charge in [-0.15, -0.1) is 0 Å². The molecule has 7 heteroatoms. The van der Waals surface area contributed by atoms with Crippen molar-refractivity contribution in [3.63, 3.8) is 0 Å². The first kappa shape index (κ1) is 25.1. The summed E-state index contributed by atoms with van der Waals surface area (Å²) in [5.74, 6) is 1.34. The molecule has 1 aromatic rings. The number of guanidine groups is 1. The average molecular weight is 432 g/mol. The van der Waals surface area contributed by atoms with Gasteiger partial charge >= 0.3 is 0 Å². The summed E-state index contributed by atoms with van der Waals surface area (Å²) in [7, 11) is 1.79. The van der Waals surface area contributed by atoms with E-state index in [4.69, 9.17) is 4.74 Å². The Morgan fingerprint density at radius 1 is 1.19 bits per heavy atom. The highest BCUT2D eigenvalue weighted by Gasteiger charge is 2.22. The molecule has 1 aliphatic rings. The van der Waals surface area contributed by atoms with Gasteiger partial charge in [-0.3, -0.25) is 14.7 Å². The molecule has 0 saturated carbocycles. The second-order valence-corrected chi connectivity index (χ2v) is 9.64. The zero-order chi connectivity index (χ0) is 22.9. The summed E-state index contributed by atoms with van der Waals surface area (Å²) in [4.78, 5) is 19.3. The molecule has 1 aliphatic heterocycles. The summed E-state index contributed by atoms with van der Waals surface area (Å²) in [5.41, 5.74) is 1.45. The molecule has 0 spiro atoms. The molecule has 0 aromatic heterocycles. The van der Waals surface area contributed by atoms with E-state index in [1.54, 1.807) is 7.05 Å². The third-order valence-electron chi connectivity index (χ3n) is 5.17. The fourth-order valence-electron chi connectivity index (χ4n) is 3.70. The van der Waals surface area contributed by atoms with E-state index in [-0.39, 0.29) is 11.4 Å². The van der Waals surface area contributed by atoms with E-state index in [1.807, 2.05) is 45.0 Å². The number of aliphatic imine (C=N–C) groups is 1. The molecular formula is C24H41N5O2. The van der Waals surface area contributed by atoms with Gasteiger partial charge in [0.25, 0.3) is 5.91 Å². The number of rotatable bonds is 8. The first-order valence-electron chi connectivity index (χ1n) is 11.4. The minimum atomic E-state index is -0.260. The molecule has 1 amide bonds. The van der Waals surface area contributed by atoms with Crippen LogP contribution in [0.25, 0.3) is 0 Å². The minimum absolute atomic E-state index is 0.0566. The molecule has 1 fully saturated rings. The lowest BCUT2D eigenvalue weighted by molar-refractivity contribution is 0.0132. The lowest BCUT2D eigenvalue weighted by atomic mass is 10.0. The van der Waals surface area contributed by atoms with Gasteiger partial charge < -0.3 is 20.7 Å². The number of nitrogens with one attached hydrogen (secondary N) is 3. The molecule has 1 saturated heterocycles. The topological polar surface area (TPSA) is 78.0 Å². The second kappa shape index (κ2) is 12.1. The molecule has 1 unspecified atom stereocenters. The van der Waals surface area contributed by atoms with E-state index in [0.717, 1.165) is 50.8 Å². The fourth-order valence-corrected chi connectivity index (χ4v) is 3.70. The summed E-state index contributed by atoms with van der Waals surface area (Å²) < 4.78 is 5.52. The molecule has 174 valence electrons. The lowest BCUT2D eigenvalue weighted by Crippen LogP contribution is -2.51. The minimum Gasteiger partial charge on any atom is -0.379 e. The van der Waals surface area contributed by atoms with Gasteiger partial charge in [0.1, 0.15) is 0 Å². The molecule has 7 nitrogen and oxygen atoms in total. The van der Waals surface area contributed by atoms with Gasteiger partial charge in [0.15, 0.2) is 5.96 Å². The highest BCUT2D eigenvalue weighted by atomic mass is 16.5. The van der Waals surface area contributed by atoms with Crippen LogP contribution in [0.15, 0.2) is 29.3 Å². The molecule has 0 radical (unpaired) electrons. The Hall–Kier alpha value is -2.12. The molecule has 0 aliphatic carbocycles. The molecule has 0 bridgehead atoms. The number of hydrogen-bond donors (Lipinski definition) is 3. The average Bonchev–Trinajstić information content (AvgIpc) is 2.72. The van der Waals surface area contributed by atoms with Crippen LogP contribution in [0.4, 0.5) is 0 Å². The van der Waals surface area contributed by atoms with Crippen molar-refractivity contribution in [2.45, 2.75) is 59.2 Å². The smallest absolute Gasteiger partial charge is 0.251 e. The first-order valence-corrected chi connectivity index (χ1v) is 11.4. The van der Waals surface area contributed by atoms with Crippen molar-refractivity contribution in [3.05, 3.63) is 35.4 Å². The molecule has 1 heterocycles. The number of carbonyl (C=O) groups excluding carboxylic acids is 1. The van der Waals surface area contributed by atoms with Crippen molar-refractivity contribution in [1.29, 1.82) is 0 Å². The Morgan fingerprint density at radius 2 is 1.90 bits per heavy atom. The number of amides is 1. The van der Waals surface area contributed by atoms with Crippen LogP contribution in [-0.4, -0.2) is 68.2 Å². The van der Waals surface area contributed by atoms with Crippen LogP contribution < -0.4 is 16.0 Å². The third kappa shape index (κ3) is 9.27. The summed E-state index contributed by atoms with van der Waals surface area (Å²) in [6.45, 7) is 15.5. The Labute approximate surface area is 188 Å². The summed E-state index contributed by atoms with van der Waals surface area (Å²) in [6.07, 6.45) is 1.13. The highest BCUT2D eigenvalue weighted by molar-refractivity contribution is 5.94. The normalized spacial score (nSPS) is 16.8. The lowest BCUT2D eigenvalue weighted by Gasteiger charge is -2.35. The summed E-state index contributed by atoms with van der Waals surface area (Å²) in [6, 6.07) is 8.16. The summed E-state index contributed by atoms with van der Waals surface area (Å²) >= 11 is 0. The van der Waals surface area contributed by atoms with E-state index in [1.165, 1.54) is 0 Å². The van der Waals surface area contributed by atoms with E-state index in [9.17, 15) is 4.79 Å². The number of morpholine rings is 1. The van der Waals surface area contributed by atoms with Crippen LogP contribution >= 0.6 is 0 Å². The second-order valence-electron chi connectivity index (χ2n) is 9.64. The standard InChI is InChI=1S/C24H41N5O2/c1-18(2)14-21(29-10-12-31-13-11-29)17-27-23(25-6)26-16-19-8-7-9-20(15-19)22(30)28-24(3,4)5/h7-9,15,18,21H,10-14,16-17H2,1-6H3,(H,28,30)(H2,25,26,27). The number of nitrogens with zero attached hydrogens (tertiary/aromatic N) is 2. The zero-order valence-electron chi connectivity index (χ0n) is 20.1. The van der Waals surface area contributed by atoms with Crippen molar-refractivity contribution < 1.29 is 9.53 Å². The fraction of sp³-hybridized carbons (Fsp3) is 0.667. The van der Waals surface area contributed by atoms with Gasteiger partial charge in [-0.2, -0.15) is 0 Å². The maximum Gasteiger partial charge on any atom is 0.251 e. The van der Waals surface area contributed by atoms with E-state index < -0.39 is 0 Å². The largest absolute Gasteiger partial charge is 0.379 e. The number of ether oxygens (including phenoxy) is 1. The van der Waals surface area contributed by atoms with Crippen molar-refractivity contribution in [1.82, 2.24) is 20.9 Å². The van der Waals surface area contributed by atoms with Gasteiger partial charge in [0.2, 0.25) is 0 Å². The van der Waals surface area contributed by atoms with Crippen molar-refractivity contribution in [2.24, 2.45) is 10.9 Å². The van der Waals surface area contributed by atoms with Crippen LogP contribution in [0.3, 0.4) is 0 Å². The predicted molar refractivity (Wildman–Crippen MR) is 127 cm³/mol. The van der Waals surface area contributed by atoms with Crippen LogP contribution in [0, 0.1) is 5.92 Å². The van der Waals surface area contributed by atoms with Crippen LogP contribution in [0.5, 0.6) is 0 Å². The Kier molecular flexibility index (Phi) is 9.78. The van der Waals surface area contributed by atoms with Crippen molar-refractivity contribution in [2.75, 3.05) is 39.9 Å². The first-order chi connectivity index (χ1) is 14.7. The van der Waals surface area contributed by atoms with E-state index >= 15 is 0 Å². The molecule has 31 heavy (non-hydrogen) atoms. The van der Waals surface area contributed by atoms with Gasteiger partial charge in [-0.25, -0.2) is 0 Å². The van der Waals surface area contributed by atoms with Gasteiger partial charge in [0.05, 0.1) is 13.2 Å². The van der Waals surface area contributed by atoms with E-state index in [2.05, 4.69) is 39.7 Å². The Balaban J connectivity index is 1.91. The Bertz CT molecular complexity index is 721. The van der Waals surface area contributed by atoms with E-state index in [0.29, 0.717) is 24.1 Å². The maximum atomic E-state index is 12.4. The number of carbonyl (C=O) groups is 1. The van der Waals surface area contributed by atoms with Crippen molar-refractivity contribution in [3.8, 4) is 0 Å². The van der Waals surface area contributed by atoms with Crippen molar-refractivity contribution >= 4 is 11.9 Å². The van der Waals surface area contributed by atoms with Gasteiger partial charge in [-0.1, -0.05) is 26.0 Å². The molecule has 1 atom stereocenters. The molecule has 2 rings (SSSR count). The third-order valence-corrected chi connectivity index (χ3v) is 5.17. The van der Waals surface area contributed by atoms with Crippen LogP contribution in [0.1, 0.15) is 57.0 Å². The molecule has 3 N–H and O–H groups in total. The number of hydrogen-bond acceptors (Lipinski definition) is 4. The van der Waals surface area contributed by atoms with Crippen LogP contribution in [0.2, 0.25) is 0 Å². The van der Waals surface area contributed by atoms with Gasteiger partial charge in [0, 0.05) is 50.4 Å². The molecular weight excluding hydrogens is 390 g/mol. The molecule has 1 aromatic carbocycles. The SMILES string of the molecule is CN=C(NCc1cccc(C(=O)NC(C)(C)C)c1)NCC(CC(C)C)N1CCOCC1. The monoisotopic (exact) mass is 431 g/mol. The quantitative estimate of drug-likeness (QED) is 0.436. The highest BCUT2D eigenvalue weighted by Crippen LogP contribution is 2.13. The van der Waals surface area contributed by atoms with Crippen LogP contribution in [-0.2, 0) is 11.3 Å². The zero-order valence-corrected chi connectivity index (χ0v) is 20.1. The summed E-state index contributed by atoms with van der Waals surface area (Å²) in [5, 5.41) is 9.87. The predicted octanol–water partition coefficient (Wildman–Crippen LogP) is 2.63. The number of benzene rings is 1. The Morgan fingerprint density at radius 3 is 2.52 bits per heavy atom. The maximum absolute atomic E-state index is 12.4. The van der Waals surface area contributed by atoms with Gasteiger partial charge in [-0.05, 0) is 50.8 Å².